The van der Waals surface area contributed by atoms with Crippen molar-refractivity contribution in [3.05, 3.63) is 5.82 Å². The van der Waals surface area contributed by atoms with Gasteiger partial charge in [0.2, 0.25) is 5.13 Å². The Morgan fingerprint density at radius 3 is 2.56 bits per heavy atom. The maximum Gasteiger partial charge on any atom is 0.202 e. The number of anilines is 1. The predicted octanol–water partition coefficient (Wildman–Crippen LogP) is 2.73. The van der Waals surface area contributed by atoms with Gasteiger partial charge in [-0.25, -0.2) is 4.98 Å². The lowest BCUT2D eigenvalue weighted by molar-refractivity contribution is 0.328. The minimum absolute atomic E-state index is 0.0363. The van der Waals surface area contributed by atoms with Crippen LogP contribution in [-0.4, -0.2) is 39.9 Å². The first-order valence-electron chi connectivity index (χ1n) is 6.78. The van der Waals surface area contributed by atoms with Crippen molar-refractivity contribution in [1.29, 1.82) is 0 Å². The molecular formula is C13H24N4S. The SMILES string of the molecule is CC(CN1CCCC1)Nc1nc(C(C)(C)C)ns1. The van der Waals surface area contributed by atoms with Crippen LogP contribution in [0, 0.1) is 0 Å². The van der Waals surface area contributed by atoms with Crippen LogP contribution in [0.15, 0.2) is 0 Å². The molecule has 1 aliphatic heterocycles. The normalized spacial score (nSPS) is 19.1. The summed E-state index contributed by atoms with van der Waals surface area (Å²) in [7, 11) is 0. The maximum absolute atomic E-state index is 4.57. The topological polar surface area (TPSA) is 41.0 Å². The van der Waals surface area contributed by atoms with E-state index in [-0.39, 0.29) is 5.41 Å². The molecule has 5 heteroatoms. The van der Waals surface area contributed by atoms with Crippen molar-refractivity contribution in [3.63, 3.8) is 0 Å². The van der Waals surface area contributed by atoms with Crippen molar-refractivity contribution < 1.29 is 0 Å². The van der Waals surface area contributed by atoms with Gasteiger partial charge in [0.25, 0.3) is 0 Å². The number of hydrogen-bond acceptors (Lipinski definition) is 5. The van der Waals surface area contributed by atoms with E-state index < -0.39 is 0 Å². The standard InChI is InChI=1S/C13H24N4S/c1-10(9-17-7-5-6-8-17)14-12-15-11(16-18-12)13(2,3)4/h10H,5-9H2,1-4H3,(H,14,15,16). The zero-order valence-corrected chi connectivity index (χ0v) is 12.7. The summed E-state index contributed by atoms with van der Waals surface area (Å²) in [6.45, 7) is 12.2. The van der Waals surface area contributed by atoms with Crippen molar-refractivity contribution in [3.8, 4) is 0 Å². The van der Waals surface area contributed by atoms with Crippen LogP contribution >= 0.6 is 11.5 Å². The Labute approximate surface area is 114 Å². The number of hydrogen-bond donors (Lipinski definition) is 1. The molecule has 102 valence electrons. The Bertz CT molecular complexity index is 377. The summed E-state index contributed by atoms with van der Waals surface area (Å²) in [6.07, 6.45) is 2.69. The molecule has 0 radical (unpaired) electrons. The van der Waals surface area contributed by atoms with Crippen LogP contribution in [0.4, 0.5) is 5.13 Å². The van der Waals surface area contributed by atoms with Crippen LogP contribution in [0.1, 0.15) is 46.4 Å². The van der Waals surface area contributed by atoms with E-state index in [0.717, 1.165) is 17.5 Å². The van der Waals surface area contributed by atoms with E-state index in [1.807, 2.05) is 0 Å². The van der Waals surface area contributed by atoms with Gasteiger partial charge >= 0.3 is 0 Å². The Morgan fingerprint density at radius 2 is 2.00 bits per heavy atom. The number of rotatable bonds is 4. The summed E-state index contributed by atoms with van der Waals surface area (Å²) >= 11 is 1.47. The molecule has 0 amide bonds. The molecule has 0 aromatic carbocycles. The van der Waals surface area contributed by atoms with Crippen molar-refractivity contribution in [2.45, 2.75) is 52.0 Å². The van der Waals surface area contributed by atoms with Gasteiger partial charge in [-0.15, -0.1) is 0 Å². The Morgan fingerprint density at radius 1 is 1.33 bits per heavy atom. The van der Waals surface area contributed by atoms with E-state index in [1.165, 1.54) is 37.5 Å². The molecule has 1 fully saturated rings. The first-order chi connectivity index (χ1) is 8.45. The van der Waals surface area contributed by atoms with Crippen molar-refractivity contribution in [2.75, 3.05) is 25.0 Å². The van der Waals surface area contributed by atoms with Gasteiger partial charge in [-0.3, -0.25) is 0 Å². The molecule has 1 unspecified atom stereocenters. The van der Waals surface area contributed by atoms with Gasteiger partial charge in [0.05, 0.1) is 0 Å². The molecule has 18 heavy (non-hydrogen) atoms. The predicted molar refractivity (Wildman–Crippen MR) is 77.4 cm³/mol. The molecule has 0 spiro atoms. The Balaban J connectivity index is 1.86. The molecule has 1 aliphatic rings. The summed E-state index contributed by atoms with van der Waals surface area (Å²) in [6, 6.07) is 0.434. The van der Waals surface area contributed by atoms with Crippen LogP contribution in [0.25, 0.3) is 0 Å². The summed E-state index contributed by atoms with van der Waals surface area (Å²) < 4.78 is 4.43. The molecule has 2 heterocycles. The third-order valence-corrected chi connectivity index (χ3v) is 3.84. The number of aromatic nitrogens is 2. The van der Waals surface area contributed by atoms with Crippen LogP contribution in [0.2, 0.25) is 0 Å². The van der Waals surface area contributed by atoms with Crippen molar-refractivity contribution in [1.82, 2.24) is 14.3 Å². The van der Waals surface area contributed by atoms with Crippen LogP contribution in [-0.2, 0) is 5.41 Å². The molecule has 1 saturated heterocycles. The molecule has 1 aromatic rings. The lowest BCUT2D eigenvalue weighted by Crippen LogP contribution is -2.32. The van der Waals surface area contributed by atoms with E-state index >= 15 is 0 Å². The summed E-state index contributed by atoms with van der Waals surface area (Å²) in [5.41, 5.74) is 0.0363. The summed E-state index contributed by atoms with van der Waals surface area (Å²) in [5.74, 6) is 0.934. The molecule has 1 aromatic heterocycles. The van der Waals surface area contributed by atoms with Gasteiger partial charge in [0.15, 0.2) is 0 Å². The smallest absolute Gasteiger partial charge is 0.202 e. The third-order valence-electron chi connectivity index (χ3n) is 3.20. The quantitative estimate of drug-likeness (QED) is 0.911. The van der Waals surface area contributed by atoms with Gasteiger partial charge < -0.3 is 10.2 Å². The second-order valence-electron chi connectivity index (χ2n) is 6.23. The van der Waals surface area contributed by atoms with Crippen LogP contribution in [0.3, 0.4) is 0 Å². The Hall–Kier alpha value is -0.680. The first-order valence-corrected chi connectivity index (χ1v) is 7.55. The van der Waals surface area contributed by atoms with Gasteiger partial charge in [-0.05, 0) is 32.9 Å². The van der Waals surface area contributed by atoms with Crippen molar-refractivity contribution in [2.24, 2.45) is 0 Å². The molecule has 0 aliphatic carbocycles. The molecule has 2 rings (SSSR count). The van der Waals surface area contributed by atoms with Crippen molar-refractivity contribution >= 4 is 16.7 Å². The molecule has 1 atom stereocenters. The lowest BCUT2D eigenvalue weighted by Gasteiger charge is -2.20. The largest absolute Gasteiger partial charge is 0.357 e. The average molecular weight is 268 g/mol. The third kappa shape index (κ3) is 3.65. The minimum Gasteiger partial charge on any atom is -0.357 e. The van der Waals surface area contributed by atoms with Gasteiger partial charge in [0, 0.05) is 29.5 Å². The molecule has 1 N–H and O–H groups in total. The minimum atomic E-state index is 0.0363. The molecule has 0 bridgehead atoms. The van der Waals surface area contributed by atoms with E-state index in [9.17, 15) is 0 Å². The van der Waals surface area contributed by atoms with Gasteiger partial charge in [-0.2, -0.15) is 4.37 Å². The molecule has 0 saturated carbocycles. The number of likely N-dealkylation sites (tertiary alicyclic amines) is 1. The highest BCUT2D eigenvalue weighted by Crippen LogP contribution is 2.23. The molecular weight excluding hydrogens is 244 g/mol. The van der Waals surface area contributed by atoms with E-state index in [4.69, 9.17) is 0 Å². The second-order valence-corrected chi connectivity index (χ2v) is 6.98. The fourth-order valence-corrected chi connectivity index (χ4v) is 3.06. The average Bonchev–Trinajstić information content (AvgIpc) is 2.87. The summed E-state index contributed by atoms with van der Waals surface area (Å²) in [4.78, 5) is 7.09. The monoisotopic (exact) mass is 268 g/mol. The van der Waals surface area contributed by atoms with Gasteiger partial charge in [0.1, 0.15) is 5.82 Å². The fourth-order valence-electron chi connectivity index (χ4n) is 2.20. The number of nitrogens with one attached hydrogen (secondary N) is 1. The fraction of sp³-hybridized carbons (Fsp3) is 0.846. The zero-order valence-electron chi connectivity index (χ0n) is 11.9. The zero-order chi connectivity index (χ0) is 13.2. The second kappa shape index (κ2) is 5.53. The van der Waals surface area contributed by atoms with Crippen LogP contribution in [0.5, 0.6) is 0 Å². The van der Waals surface area contributed by atoms with E-state index in [2.05, 4.69) is 47.3 Å². The van der Waals surface area contributed by atoms with Crippen LogP contribution < -0.4 is 5.32 Å². The lowest BCUT2D eigenvalue weighted by atomic mass is 9.96. The van der Waals surface area contributed by atoms with E-state index in [0.29, 0.717) is 6.04 Å². The highest BCUT2D eigenvalue weighted by molar-refractivity contribution is 7.09. The molecule has 4 nitrogen and oxygen atoms in total. The number of nitrogens with zero attached hydrogens (tertiary/aromatic N) is 3. The van der Waals surface area contributed by atoms with Gasteiger partial charge in [-0.1, -0.05) is 20.8 Å². The highest BCUT2D eigenvalue weighted by atomic mass is 32.1. The highest BCUT2D eigenvalue weighted by Gasteiger charge is 2.20. The first kappa shape index (κ1) is 13.7. The summed E-state index contributed by atoms with van der Waals surface area (Å²) in [5, 5.41) is 4.42. The maximum atomic E-state index is 4.57. The Kier molecular flexibility index (Phi) is 4.22. The van der Waals surface area contributed by atoms with E-state index in [1.54, 1.807) is 0 Å².